The Bertz CT molecular complexity index is 1090. The lowest BCUT2D eigenvalue weighted by atomic mass is 9.91. The highest BCUT2D eigenvalue weighted by molar-refractivity contribution is 5.91. The van der Waals surface area contributed by atoms with Gasteiger partial charge in [-0.25, -0.2) is 9.78 Å². The van der Waals surface area contributed by atoms with Gasteiger partial charge in [-0.2, -0.15) is 4.98 Å². The Morgan fingerprint density at radius 1 is 0.970 bits per heavy atom. The number of aromatic nitrogens is 2. The second-order valence-corrected chi connectivity index (χ2v) is 8.98. The maximum atomic E-state index is 12.6. The molecule has 0 unspecified atom stereocenters. The maximum absolute atomic E-state index is 12.6. The van der Waals surface area contributed by atoms with Crippen molar-refractivity contribution in [3.8, 4) is 0 Å². The number of nitrogens with one attached hydrogen (secondary N) is 3. The van der Waals surface area contributed by atoms with E-state index in [1.54, 1.807) is 0 Å². The van der Waals surface area contributed by atoms with Crippen LogP contribution in [0.4, 0.5) is 22.2 Å². The van der Waals surface area contributed by atoms with Crippen LogP contribution < -0.4 is 20.9 Å². The normalized spacial score (nSPS) is 18.0. The topological polar surface area (TPSA) is 82.2 Å². The summed E-state index contributed by atoms with van der Waals surface area (Å²) in [5, 5.41) is 10.8. The second-order valence-electron chi connectivity index (χ2n) is 8.98. The van der Waals surface area contributed by atoms with E-state index in [4.69, 9.17) is 9.97 Å². The first-order chi connectivity index (χ1) is 16.0. The Kier molecular flexibility index (Phi) is 7.27. The van der Waals surface area contributed by atoms with Crippen LogP contribution in [0.25, 0.3) is 10.9 Å². The summed E-state index contributed by atoms with van der Waals surface area (Å²) in [5.41, 5.74) is 3.02. The van der Waals surface area contributed by atoms with Crippen molar-refractivity contribution in [2.24, 2.45) is 0 Å². The summed E-state index contributed by atoms with van der Waals surface area (Å²) in [7, 11) is 4.00. The third kappa shape index (κ3) is 5.72. The molecule has 33 heavy (non-hydrogen) atoms. The quantitative estimate of drug-likeness (QED) is 0.465. The van der Waals surface area contributed by atoms with Crippen molar-refractivity contribution in [1.82, 2.24) is 15.3 Å². The number of anilines is 3. The Labute approximate surface area is 196 Å². The number of carbonyl (C=O) groups excluding carboxylic acids is 1. The highest BCUT2D eigenvalue weighted by Gasteiger charge is 2.23. The van der Waals surface area contributed by atoms with E-state index in [1.165, 1.54) is 5.56 Å². The Hall–Kier alpha value is -3.35. The molecule has 2 aromatic carbocycles. The molecule has 1 aromatic heterocycles. The molecule has 2 amide bonds. The number of aryl methyl sites for hydroxylation is 1. The van der Waals surface area contributed by atoms with Crippen LogP contribution in [0.1, 0.15) is 44.6 Å². The average Bonchev–Trinajstić information content (AvgIpc) is 2.81. The predicted molar refractivity (Wildman–Crippen MR) is 136 cm³/mol. The summed E-state index contributed by atoms with van der Waals surface area (Å²) >= 11 is 0. The summed E-state index contributed by atoms with van der Waals surface area (Å²) in [4.78, 5) is 24.1. The van der Waals surface area contributed by atoms with Crippen molar-refractivity contribution >= 4 is 34.4 Å². The lowest BCUT2D eigenvalue weighted by molar-refractivity contribution is 0.243. The van der Waals surface area contributed by atoms with Gasteiger partial charge < -0.3 is 20.9 Å². The highest BCUT2D eigenvalue weighted by Crippen LogP contribution is 2.26. The average molecular weight is 447 g/mol. The van der Waals surface area contributed by atoms with Crippen LogP contribution in [0.5, 0.6) is 0 Å². The number of urea groups is 1. The van der Waals surface area contributed by atoms with Gasteiger partial charge in [0.25, 0.3) is 0 Å². The summed E-state index contributed by atoms with van der Waals surface area (Å²) in [6.07, 6.45) is 5.79. The summed E-state index contributed by atoms with van der Waals surface area (Å²) in [5.74, 6) is 1.58. The van der Waals surface area contributed by atoms with Crippen molar-refractivity contribution in [3.05, 3.63) is 54.1 Å². The molecule has 0 radical (unpaired) electrons. The predicted octanol–water partition coefficient (Wildman–Crippen LogP) is 5.19. The van der Waals surface area contributed by atoms with Gasteiger partial charge in [0.05, 0.1) is 5.52 Å². The number of amides is 2. The zero-order chi connectivity index (χ0) is 23.2. The molecule has 3 aromatic rings. The second kappa shape index (κ2) is 10.5. The Morgan fingerprint density at radius 3 is 2.42 bits per heavy atom. The number of carbonyl (C=O) groups is 1. The van der Waals surface area contributed by atoms with Crippen molar-refractivity contribution < 1.29 is 4.79 Å². The van der Waals surface area contributed by atoms with E-state index in [1.807, 2.05) is 55.4 Å². The van der Waals surface area contributed by atoms with Crippen molar-refractivity contribution in [3.63, 3.8) is 0 Å². The molecular weight excluding hydrogens is 412 g/mol. The molecule has 0 saturated heterocycles. The summed E-state index contributed by atoms with van der Waals surface area (Å²) in [6.45, 7) is 2.15. The molecule has 0 aliphatic heterocycles. The van der Waals surface area contributed by atoms with Gasteiger partial charge >= 0.3 is 6.03 Å². The highest BCUT2D eigenvalue weighted by atomic mass is 16.2. The summed E-state index contributed by atoms with van der Waals surface area (Å²) in [6, 6.07) is 16.5. The van der Waals surface area contributed by atoms with Crippen LogP contribution in [0.2, 0.25) is 0 Å². The fraction of sp³-hybridized carbons (Fsp3) is 0.423. The van der Waals surface area contributed by atoms with E-state index in [0.717, 1.165) is 60.9 Å². The monoisotopic (exact) mass is 446 g/mol. The summed E-state index contributed by atoms with van der Waals surface area (Å²) < 4.78 is 0. The van der Waals surface area contributed by atoms with Crippen LogP contribution in [0.3, 0.4) is 0 Å². The number of para-hydroxylation sites is 2. The Morgan fingerprint density at radius 2 is 1.67 bits per heavy atom. The number of nitrogens with zero attached hydrogens (tertiary/aromatic N) is 3. The van der Waals surface area contributed by atoms with E-state index in [2.05, 4.69) is 35.0 Å². The fourth-order valence-corrected chi connectivity index (χ4v) is 4.50. The molecule has 7 nitrogen and oxygen atoms in total. The number of fused-ring (bicyclic) bond motifs is 1. The van der Waals surface area contributed by atoms with E-state index < -0.39 is 0 Å². The first-order valence-electron chi connectivity index (χ1n) is 11.9. The maximum Gasteiger partial charge on any atom is 0.319 e. The van der Waals surface area contributed by atoms with Gasteiger partial charge in [0, 0.05) is 37.3 Å². The van der Waals surface area contributed by atoms with Crippen molar-refractivity contribution in [1.29, 1.82) is 0 Å². The molecule has 1 aliphatic carbocycles. The standard InChI is InChI=1S/C26H34N6O/c1-4-9-18-10-5-7-12-22(18)30-26(33)28-20-16-14-19(15-17-20)27-25-29-23-13-8-6-11-21(23)24(31-25)32(2)3/h5-8,10-13,19-20H,4,9,14-17H2,1-3H3,(H,27,29,31)(H2,28,30,33). The third-order valence-corrected chi connectivity index (χ3v) is 6.19. The third-order valence-electron chi connectivity index (χ3n) is 6.19. The zero-order valence-electron chi connectivity index (χ0n) is 19.8. The van der Waals surface area contributed by atoms with Crippen LogP contribution in [0, 0.1) is 0 Å². The van der Waals surface area contributed by atoms with Gasteiger partial charge in [0.1, 0.15) is 5.82 Å². The molecule has 3 N–H and O–H groups in total. The lowest BCUT2D eigenvalue weighted by Crippen LogP contribution is -2.42. The van der Waals surface area contributed by atoms with Crippen LogP contribution in [0.15, 0.2) is 48.5 Å². The van der Waals surface area contributed by atoms with Gasteiger partial charge in [-0.1, -0.05) is 43.7 Å². The Balaban J connectivity index is 1.32. The van der Waals surface area contributed by atoms with Gasteiger partial charge in [-0.15, -0.1) is 0 Å². The molecule has 1 aliphatic rings. The van der Waals surface area contributed by atoms with Gasteiger partial charge in [0.15, 0.2) is 0 Å². The van der Waals surface area contributed by atoms with Crippen LogP contribution >= 0.6 is 0 Å². The van der Waals surface area contributed by atoms with Gasteiger partial charge in [0.2, 0.25) is 5.95 Å². The molecule has 7 heteroatoms. The van der Waals surface area contributed by atoms with Crippen molar-refractivity contribution in [2.75, 3.05) is 29.6 Å². The first kappa shape index (κ1) is 22.8. The minimum atomic E-state index is -0.122. The van der Waals surface area contributed by atoms with E-state index in [9.17, 15) is 4.79 Å². The number of hydrogen-bond donors (Lipinski definition) is 3. The van der Waals surface area contributed by atoms with Crippen LogP contribution in [-0.4, -0.2) is 42.2 Å². The molecule has 4 rings (SSSR count). The van der Waals surface area contributed by atoms with Gasteiger partial charge in [-0.3, -0.25) is 0 Å². The number of rotatable bonds is 7. The molecule has 174 valence electrons. The zero-order valence-corrected chi connectivity index (χ0v) is 19.8. The largest absolute Gasteiger partial charge is 0.362 e. The lowest BCUT2D eigenvalue weighted by Gasteiger charge is -2.30. The molecule has 0 spiro atoms. The minimum Gasteiger partial charge on any atom is -0.362 e. The molecule has 0 atom stereocenters. The SMILES string of the molecule is CCCc1ccccc1NC(=O)NC1CCC(Nc2nc(N(C)C)c3ccccc3n2)CC1. The molecular formula is C26H34N6O. The minimum absolute atomic E-state index is 0.122. The number of hydrogen-bond acceptors (Lipinski definition) is 5. The molecule has 1 heterocycles. The molecule has 1 fully saturated rings. The number of benzene rings is 2. The van der Waals surface area contributed by atoms with Gasteiger partial charge in [-0.05, 0) is 55.9 Å². The fourth-order valence-electron chi connectivity index (χ4n) is 4.50. The molecule has 0 bridgehead atoms. The van der Waals surface area contributed by atoms with Crippen molar-refractivity contribution in [2.45, 2.75) is 57.5 Å². The first-order valence-corrected chi connectivity index (χ1v) is 11.9. The van der Waals surface area contributed by atoms with E-state index >= 15 is 0 Å². The van der Waals surface area contributed by atoms with E-state index in [0.29, 0.717) is 12.0 Å². The van der Waals surface area contributed by atoms with E-state index in [-0.39, 0.29) is 12.1 Å². The smallest absolute Gasteiger partial charge is 0.319 e. The van der Waals surface area contributed by atoms with Crippen LogP contribution in [-0.2, 0) is 6.42 Å². The molecule has 1 saturated carbocycles.